The van der Waals surface area contributed by atoms with Crippen LogP contribution in [0.1, 0.15) is 46.0 Å². The van der Waals surface area contributed by atoms with Crippen LogP contribution in [0.5, 0.6) is 0 Å². The van der Waals surface area contributed by atoms with Gasteiger partial charge in [0.05, 0.1) is 0 Å². The first kappa shape index (κ1) is 12.1. The molecule has 0 aliphatic rings. The summed E-state index contributed by atoms with van der Waals surface area (Å²) >= 11 is 2.06. The van der Waals surface area contributed by atoms with Crippen molar-refractivity contribution >= 4 is 11.8 Å². The Balaban J connectivity index is 2.81. The molecule has 0 spiro atoms. The molecule has 0 unspecified atom stereocenters. The Morgan fingerprint density at radius 2 is 1.83 bits per heavy atom. The molecule has 1 heteroatoms. The molecule has 0 radical (unpaired) electrons. The third-order valence-electron chi connectivity index (χ3n) is 1.85. The van der Waals surface area contributed by atoms with Crippen LogP contribution >= 0.6 is 11.8 Å². The molecule has 0 aliphatic heterocycles. The summed E-state index contributed by atoms with van der Waals surface area (Å²) in [5, 5.41) is 0. The summed E-state index contributed by atoms with van der Waals surface area (Å²) in [6.45, 7) is 4.33. The largest absolute Gasteiger partial charge is 0.162 e. The van der Waals surface area contributed by atoms with Crippen molar-refractivity contribution in [1.29, 1.82) is 0 Å². The molecule has 0 atom stereocenters. The average Bonchev–Trinajstić information content (AvgIpc) is 2.10. The van der Waals surface area contributed by atoms with E-state index in [-0.39, 0.29) is 0 Å². The molecule has 0 amide bonds. The second kappa shape index (κ2) is 11.1. The maximum atomic E-state index is 2.26. The molecular weight excluding hydrogens is 164 g/mol. The zero-order chi connectivity index (χ0) is 9.07. The van der Waals surface area contributed by atoms with Crippen molar-refractivity contribution in [3.05, 3.63) is 12.2 Å². The SMILES string of the molecule is C/C=C/CCCCCCSCC. The Hall–Kier alpha value is 0.0900. The molecule has 0 aromatic rings. The van der Waals surface area contributed by atoms with Crippen molar-refractivity contribution < 1.29 is 0 Å². The van der Waals surface area contributed by atoms with E-state index in [1.165, 1.54) is 43.6 Å². The Labute approximate surface area is 81.8 Å². The fourth-order valence-electron chi connectivity index (χ4n) is 1.13. The molecule has 0 nitrogen and oxygen atoms in total. The summed E-state index contributed by atoms with van der Waals surface area (Å²) in [5.74, 6) is 2.64. The highest BCUT2D eigenvalue weighted by Crippen LogP contribution is 2.08. The second-order valence-corrected chi connectivity index (χ2v) is 4.36. The molecule has 0 saturated carbocycles. The van der Waals surface area contributed by atoms with E-state index in [0.29, 0.717) is 0 Å². The van der Waals surface area contributed by atoms with E-state index >= 15 is 0 Å². The first-order valence-corrected chi connectivity index (χ1v) is 6.26. The van der Waals surface area contributed by atoms with E-state index in [4.69, 9.17) is 0 Å². The van der Waals surface area contributed by atoms with Crippen molar-refractivity contribution in [2.24, 2.45) is 0 Å². The topological polar surface area (TPSA) is 0 Å². The lowest BCUT2D eigenvalue weighted by atomic mass is 10.1. The van der Waals surface area contributed by atoms with Crippen molar-refractivity contribution in [2.75, 3.05) is 11.5 Å². The molecule has 0 heterocycles. The van der Waals surface area contributed by atoms with Crippen molar-refractivity contribution in [3.63, 3.8) is 0 Å². The lowest BCUT2D eigenvalue weighted by Crippen LogP contribution is -1.81. The molecule has 0 aromatic heterocycles. The van der Waals surface area contributed by atoms with Gasteiger partial charge in [-0.3, -0.25) is 0 Å². The first-order valence-electron chi connectivity index (χ1n) is 5.10. The van der Waals surface area contributed by atoms with Crippen LogP contribution < -0.4 is 0 Å². The summed E-state index contributed by atoms with van der Waals surface area (Å²) in [4.78, 5) is 0. The Morgan fingerprint density at radius 3 is 2.50 bits per heavy atom. The summed E-state index contributed by atoms with van der Waals surface area (Å²) in [6.07, 6.45) is 11.3. The summed E-state index contributed by atoms with van der Waals surface area (Å²) in [5.41, 5.74) is 0. The molecule has 0 bridgehead atoms. The van der Waals surface area contributed by atoms with Gasteiger partial charge in [0.15, 0.2) is 0 Å². The van der Waals surface area contributed by atoms with Crippen LogP contribution in [0.3, 0.4) is 0 Å². The number of rotatable bonds is 8. The van der Waals surface area contributed by atoms with Gasteiger partial charge in [-0.2, -0.15) is 11.8 Å². The van der Waals surface area contributed by atoms with Crippen LogP contribution in [0, 0.1) is 0 Å². The van der Waals surface area contributed by atoms with Gasteiger partial charge < -0.3 is 0 Å². The van der Waals surface area contributed by atoms with Crippen LogP contribution in [0.2, 0.25) is 0 Å². The van der Waals surface area contributed by atoms with E-state index < -0.39 is 0 Å². The third-order valence-corrected chi connectivity index (χ3v) is 2.83. The summed E-state index contributed by atoms with van der Waals surface area (Å²) in [6, 6.07) is 0. The lowest BCUT2D eigenvalue weighted by Gasteiger charge is -1.98. The molecule has 0 fully saturated rings. The number of thioether (sulfide) groups is 1. The van der Waals surface area contributed by atoms with E-state index in [1.807, 2.05) is 0 Å². The molecule has 0 saturated heterocycles. The number of allylic oxidation sites excluding steroid dienone is 2. The van der Waals surface area contributed by atoms with Crippen molar-refractivity contribution in [2.45, 2.75) is 46.0 Å². The van der Waals surface area contributed by atoms with Gasteiger partial charge in [-0.1, -0.05) is 31.9 Å². The van der Waals surface area contributed by atoms with Crippen LogP contribution in [0.25, 0.3) is 0 Å². The molecule has 0 aliphatic carbocycles. The molecule has 0 aromatic carbocycles. The predicted octanol–water partition coefficient (Wildman–Crippen LogP) is 4.27. The zero-order valence-corrected chi connectivity index (χ0v) is 9.33. The van der Waals surface area contributed by atoms with Gasteiger partial charge in [-0.15, -0.1) is 0 Å². The molecule has 12 heavy (non-hydrogen) atoms. The monoisotopic (exact) mass is 186 g/mol. The first-order chi connectivity index (χ1) is 5.91. The van der Waals surface area contributed by atoms with E-state index in [9.17, 15) is 0 Å². The number of hydrogen-bond donors (Lipinski definition) is 0. The minimum Gasteiger partial charge on any atom is -0.162 e. The lowest BCUT2D eigenvalue weighted by molar-refractivity contribution is 0.678. The minimum atomic E-state index is 1.28. The highest BCUT2D eigenvalue weighted by Gasteiger charge is 1.88. The normalized spacial score (nSPS) is 11.2. The maximum absolute atomic E-state index is 2.26. The highest BCUT2D eigenvalue weighted by molar-refractivity contribution is 7.99. The third kappa shape index (κ3) is 10.1. The van der Waals surface area contributed by atoms with Gasteiger partial charge in [0.25, 0.3) is 0 Å². The minimum absolute atomic E-state index is 1.28. The fraction of sp³-hybridized carbons (Fsp3) is 0.818. The number of unbranched alkanes of at least 4 members (excludes halogenated alkanes) is 4. The van der Waals surface area contributed by atoms with Crippen LogP contribution in [-0.2, 0) is 0 Å². The van der Waals surface area contributed by atoms with Gasteiger partial charge >= 0.3 is 0 Å². The fourth-order valence-corrected chi connectivity index (χ4v) is 1.83. The molecular formula is C11H22S. The smallest absolute Gasteiger partial charge is 0.00676 e. The summed E-state index contributed by atoms with van der Waals surface area (Å²) in [7, 11) is 0. The van der Waals surface area contributed by atoms with Gasteiger partial charge in [0.1, 0.15) is 0 Å². The van der Waals surface area contributed by atoms with E-state index in [2.05, 4.69) is 37.8 Å². The maximum Gasteiger partial charge on any atom is -0.00676 e. The average molecular weight is 186 g/mol. The zero-order valence-electron chi connectivity index (χ0n) is 8.51. The Morgan fingerprint density at radius 1 is 1.08 bits per heavy atom. The van der Waals surface area contributed by atoms with Gasteiger partial charge in [-0.05, 0) is 37.7 Å². The highest BCUT2D eigenvalue weighted by atomic mass is 32.2. The van der Waals surface area contributed by atoms with Gasteiger partial charge in [0.2, 0.25) is 0 Å². The van der Waals surface area contributed by atoms with Crippen LogP contribution in [-0.4, -0.2) is 11.5 Å². The van der Waals surface area contributed by atoms with E-state index in [1.54, 1.807) is 0 Å². The van der Waals surface area contributed by atoms with Crippen molar-refractivity contribution in [3.8, 4) is 0 Å². The summed E-state index contributed by atoms with van der Waals surface area (Å²) < 4.78 is 0. The number of hydrogen-bond acceptors (Lipinski definition) is 1. The molecule has 72 valence electrons. The van der Waals surface area contributed by atoms with E-state index in [0.717, 1.165) is 0 Å². The predicted molar refractivity (Wildman–Crippen MR) is 60.9 cm³/mol. The van der Waals surface area contributed by atoms with Gasteiger partial charge in [-0.25, -0.2) is 0 Å². The second-order valence-electron chi connectivity index (χ2n) is 2.97. The van der Waals surface area contributed by atoms with Crippen LogP contribution in [0.4, 0.5) is 0 Å². The molecule has 0 N–H and O–H groups in total. The van der Waals surface area contributed by atoms with Gasteiger partial charge in [0, 0.05) is 0 Å². The standard InChI is InChI=1S/C11H22S/c1-3-5-6-7-8-9-10-11-12-4-2/h3,5H,4,6-11H2,1-2H3/b5-3+. The van der Waals surface area contributed by atoms with Crippen molar-refractivity contribution in [1.82, 2.24) is 0 Å². The Kier molecular flexibility index (Phi) is 11.2. The molecule has 0 rings (SSSR count). The van der Waals surface area contributed by atoms with Crippen LogP contribution in [0.15, 0.2) is 12.2 Å². The quantitative estimate of drug-likeness (QED) is 0.403. The Bertz CT molecular complexity index is 97.2.